The fourth-order valence-electron chi connectivity index (χ4n) is 6.02. The van der Waals surface area contributed by atoms with E-state index < -0.39 is 0 Å². The third-order valence-corrected chi connectivity index (χ3v) is 7.28. The minimum atomic E-state index is 0. The van der Waals surface area contributed by atoms with Crippen molar-refractivity contribution in [3.05, 3.63) is 71.3 Å². The number of hydrogen-bond donors (Lipinski definition) is 0. The molecule has 2 aliphatic rings. The fraction of sp³-hybridized carbons (Fsp3) is 0.556. The van der Waals surface area contributed by atoms with Crippen LogP contribution in [0.3, 0.4) is 0 Å². The SMILES string of the molecule is Br.Br.CC(C)N(CCCN1CC[C@H]2c3ccccc3C(c3ccccc3)[C@H]2C1)C(C)C. The van der Waals surface area contributed by atoms with Crippen LogP contribution in [-0.4, -0.2) is 48.1 Å². The maximum Gasteiger partial charge on any atom is 0.0138 e. The molecule has 172 valence electrons. The van der Waals surface area contributed by atoms with Crippen molar-refractivity contribution in [3.8, 4) is 0 Å². The second kappa shape index (κ2) is 12.0. The van der Waals surface area contributed by atoms with Crippen LogP contribution >= 0.6 is 34.0 Å². The van der Waals surface area contributed by atoms with Gasteiger partial charge in [0.15, 0.2) is 0 Å². The largest absolute Gasteiger partial charge is 0.303 e. The van der Waals surface area contributed by atoms with Crippen molar-refractivity contribution in [2.24, 2.45) is 5.92 Å². The summed E-state index contributed by atoms with van der Waals surface area (Å²) in [6.45, 7) is 14.2. The van der Waals surface area contributed by atoms with Gasteiger partial charge in [0.25, 0.3) is 0 Å². The van der Waals surface area contributed by atoms with Crippen LogP contribution in [0.25, 0.3) is 0 Å². The van der Waals surface area contributed by atoms with Crippen molar-refractivity contribution in [1.29, 1.82) is 0 Å². The van der Waals surface area contributed by atoms with E-state index in [1.54, 1.807) is 11.1 Å². The van der Waals surface area contributed by atoms with E-state index in [1.165, 1.54) is 44.6 Å². The second-order valence-electron chi connectivity index (χ2n) is 9.66. The Labute approximate surface area is 210 Å². The van der Waals surface area contributed by atoms with E-state index in [0.29, 0.717) is 18.0 Å². The van der Waals surface area contributed by atoms with Gasteiger partial charge in [-0.2, -0.15) is 0 Å². The van der Waals surface area contributed by atoms with E-state index in [2.05, 4.69) is 92.1 Å². The molecule has 31 heavy (non-hydrogen) atoms. The number of nitrogens with zero attached hydrogens (tertiary/aromatic N) is 2. The molecule has 4 rings (SSSR count). The topological polar surface area (TPSA) is 6.48 Å². The molecule has 0 amide bonds. The molecule has 1 saturated heterocycles. The number of halogens is 2. The Morgan fingerprint density at radius 2 is 1.48 bits per heavy atom. The van der Waals surface area contributed by atoms with E-state index in [0.717, 1.165) is 11.8 Å². The normalized spacial score (nSPS) is 22.7. The lowest BCUT2D eigenvalue weighted by atomic mass is 9.79. The monoisotopic (exact) mass is 550 g/mol. The number of hydrogen-bond acceptors (Lipinski definition) is 2. The zero-order valence-corrected chi connectivity index (χ0v) is 23.0. The lowest BCUT2D eigenvalue weighted by Crippen LogP contribution is -2.42. The van der Waals surface area contributed by atoms with Gasteiger partial charge < -0.3 is 4.90 Å². The molecule has 2 aromatic rings. The van der Waals surface area contributed by atoms with Crippen molar-refractivity contribution < 1.29 is 0 Å². The van der Waals surface area contributed by atoms with Crippen molar-refractivity contribution in [1.82, 2.24) is 9.80 Å². The van der Waals surface area contributed by atoms with Crippen LogP contribution in [0.15, 0.2) is 54.6 Å². The Morgan fingerprint density at radius 1 is 0.871 bits per heavy atom. The summed E-state index contributed by atoms with van der Waals surface area (Å²) in [6.07, 6.45) is 2.58. The first-order chi connectivity index (χ1) is 14.1. The van der Waals surface area contributed by atoms with Gasteiger partial charge >= 0.3 is 0 Å². The van der Waals surface area contributed by atoms with Gasteiger partial charge in [-0.1, -0.05) is 54.6 Å². The highest BCUT2D eigenvalue weighted by molar-refractivity contribution is 8.93. The highest BCUT2D eigenvalue weighted by Gasteiger charge is 2.43. The van der Waals surface area contributed by atoms with Gasteiger partial charge in [-0.3, -0.25) is 4.90 Å². The molecule has 1 aliphatic heterocycles. The van der Waals surface area contributed by atoms with Crippen LogP contribution in [0.2, 0.25) is 0 Å². The molecular formula is C27H40Br2N2. The van der Waals surface area contributed by atoms with E-state index in [9.17, 15) is 0 Å². The van der Waals surface area contributed by atoms with Crippen molar-refractivity contribution in [2.45, 2.75) is 64.5 Å². The summed E-state index contributed by atoms with van der Waals surface area (Å²) in [5.41, 5.74) is 4.71. The van der Waals surface area contributed by atoms with Gasteiger partial charge in [-0.25, -0.2) is 0 Å². The zero-order valence-electron chi connectivity index (χ0n) is 19.5. The van der Waals surface area contributed by atoms with Crippen molar-refractivity contribution in [3.63, 3.8) is 0 Å². The average Bonchev–Trinajstić information content (AvgIpc) is 3.05. The van der Waals surface area contributed by atoms with E-state index in [4.69, 9.17) is 0 Å². The third-order valence-electron chi connectivity index (χ3n) is 7.28. The summed E-state index contributed by atoms with van der Waals surface area (Å²) in [4.78, 5) is 5.38. The Bertz CT molecular complexity index is 785. The van der Waals surface area contributed by atoms with Crippen molar-refractivity contribution in [2.75, 3.05) is 26.2 Å². The predicted molar refractivity (Wildman–Crippen MR) is 144 cm³/mol. The molecule has 1 fully saturated rings. The molecule has 0 spiro atoms. The van der Waals surface area contributed by atoms with Crippen LogP contribution in [0.5, 0.6) is 0 Å². The van der Waals surface area contributed by atoms with Gasteiger partial charge in [-0.15, -0.1) is 34.0 Å². The molecule has 2 aromatic carbocycles. The number of benzene rings is 2. The van der Waals surface area contributed by atoms with Gasteiger partial charge in [0.2, 0.25) is 0 Å². The molecule has 1 unspecified atom stereocenters. The van der Waals surface area contributed by atoms with Crippen molar-refractivity contribution >= 4 is 34.0 Å². The highest BCUT2D eigenvalue weighted by atomic mass is 79.9. The smallest absolute Gasteiger partial charge is 0.0138 e. The lowest BCUT2D eigenvalue weighted by molar-refractivity contribution is 0.129. The molecule has 0 radical (unpaired) electrons. The molecule has 1 heterocycles. The molecule has 0 N–H and O–H groups in total. The summed E-state index contributed by atoms with van der Waals surface area (Å²) in [7, 11) is 0. The first kappa shape index (κ1) is 26.6. The molecule has 2 nitrogen and oxygen atoms in total. The second-order valence-corrected chi connectivity index (χ2v) is 9.66. The highest BCUT2D eigenvalue weighted by Crippen LogP contribution is 2.52. The van der Waals surface area contributed by atoms with E-state index in [-0.39, 0.29) is 34.0 Å². The molecule has 0 aromatic heterocycles. The van der Waals surface area contributed by atoms with Crippen LogP contribution < -0.4 is 0 Å². The minimum absolute atomic E-state index is 0. The Balaban J connectivity index is 0.00000171. The quantitative estimate of drug-likeness (QED) is 0.369. The minimum Gasteiger partial charge on any atom is -0.303 e. The maximum atomic E-state index is 2.75. The summed E-state index contributed by atoms with van der Waals surface area (Å²) in [5.74, 6) is 2.01. The number of piperidine rings is 1. The Morgan fingerprint density at radius 3 is 2.13 bits per heavy atom. The van der Waals surface area contributed by atoms with Gasteiger partial charge in [-0.05, 0) is 88.7 Å². The Kier molecular flexibility index (Phi) is 10.3. The molecule has 4 heteroatoms. The summed E-state index contributed by atoms with van der Waals surface area (Å²) in [6, 6.07) is 21.8. The van der Waals surface area contributed by atoms with E-state index >= 15 is 0 Å². The zero-order chi connectivity index (χ0) is 20.4. The van der Waals surface area contributed by atoms with Gasteiger partial charge in [0.1, 0.15) is 0 Å². The molecule has 0 bridgehead atoms. The summed E-state index contributed by atoms with van der Waals surface area (Å²) < 4.78 is 0. The van der Waals surface area contributed by atoms with Crippen LogP contribution in [0.1, 0.15) is 69.1 Å². The molecule has 0 saturated carbocycles. The van der Waals surface area contributed by atoms with Crippen LogP contribution in [0.4, 0.5) is 0 Å². The molecule has 1 aliphatic carbocycles. The molecular weight excluding hydrogens is 512 g/mol. The number of fused-ring (bicyclic) bond motifs is 3. The first-order valence-corrected chi connectivity index (χ1v) is 11.7. The Hall–Kier alpha value is -0.680. The number of likely N-dealkylation sites (tertiary alicyclic amines) is 1. The van der Waals surface area contributed by atoms with Crippen LogP contribution in [0, 0.1) is 5.92 Å². The standard InChI is InChI=1S/C27H38N2.2BrH/c1-20(2)29(21(3)4)17-10-16-28-18-15-24-23-13-8-9-14-25(23)27(26(24)19-28)22-11-6-5-7-12-22;;/h5-9,11-14,20-21,24,26-27H,10,15-19H2,1-4H3;2*1H/t24-,26-,27?;;/m0../s1. The average molecular weight is 552 g/mol. The number of rotatable bonds is 7. The fourth-order valence-corrected chi connectivity index (χ4v) is 6.02. The van der Waals surface area contributed by atoms with Gasteiger partial charge in [0.05, 0.1) is 0 Å². The third kappa shape index (κ3) is 5.82. The maximum absolute atomic E-state index is 2.75. The van der Waals surface area contributed by atoms with E-state index in [1.807, 2.05) is 0 Å². The lowest BCUT2D eigenvalue weighted by Gasteiger charge is -2.38. The molecule has 3 atom stereocenters. The first-order valence-electron chi connectivity index (χ1n) is 11.7. The summed E-state index contributed by atoms with van der Waals surface area (Å²) in [5, 5.41) is 0. The van der Waals surface area contributed by atoms with Crippen LogP contribution in [-0.2, 0) is 0 Å². The summed E-state index contributed by atoms with van der Waals surface area (Å²) >= 11 is 0. The predicted octanol–water partition coefficient (Wildman–Crippen LogP) is 6.90. The van der Waals surface area contributed by atoms with Gasteiger partial charge in [0, 0.05) is 24.5 Å².